The third-order valence-corrected chi connectivity index (χ3v) is 3.24. The van der Waals surface area contributed by atoms with E-state index < -0.39 is 0 Å². The summed E-state index contributed by atoms with van der Waals surface area (Å²) in [4.78, 5) is 4.44. The maximum Gasteiger partial charge on any atom is 0.227 e. The summed E-state index contributed by atoms with van der Waals surface area (Å²) in [6.07, 6.45) is 0.889. The molecule has 0 bridgehead atoms. The van der Waals surface area contributed by atoms with Crippen molar-refractivity contribution in [1.82, 2.24) is 10.3 Å². The van der Waals surface area contributed by atoms with E-state index in [1.165, 1.54) is 12.1 Å². The maximum absolute atomic E-state index is 13.2. The summed E-state index contributed by atoms with van der Waals surface area (Å²) in [6, 6.07) is 12.4. The predicted molar refractivity (Wildman–Crippen MR) is 77.0 cm³/mol. The van der Waals surface area contributed by atoms with Gasteiger partial charge in [0.25, 0.3) is 0 Å². The van der Waals surface area contributed by atoms with E-state index in [4.69, 9.17) is 4.42 Å². The van der Waals surface area contributed by atoms with Crippen LogP contribution in [-0.2, 0) is 6.42 Å². The van der Waals surface area contributed by atoms with Crippen LogP contribution in [-0.4, -0.2) is 18.6 Å². The molecule has 0 unspecified atom stereocenters. The standard InChI is InChI=1S/C16H15FN2O/c1-18-9-8-11-4-2-3-5-13(11)16-19-14-7-6-12(17)10-15(14)20-16/h2-7,10,18H,8-9H2,1H3. The van der Waals surface area contributed by atoms with Gasteiger partial charge in [0.2, 0.25) is 5.89 Å². The molecule has 0 radical (unpaired) electrons. The second-order valence-electron chi connectivity index (χ2n) is 4.64. The van der Waals surface area contributed by atoms with Gasteiger partial charge in [-0.25, -0.2) is 9.37 Å². The lowest BCUT2D eigenvalue weighted by atomic mass is 10.0. The highest BCUT2D eigenvalue weighted by molar-refractivity contribution is 5.76. The number of aromatic nitrogens is 1. The molecule has 0 saturated heterocycles. The zero-order valence-corrected chi connectivity index (χ0v) is 11.2. The molecule has 0 spiro atoms. The van der Waals surface area contributed by atoms with Crippen molar-refractivity contribution in [2.24, 2.45) is 0 Å². The predicted octanol–water partition coefficient (Wildman–Crippen LogP) is 3.40. The summed E-state index contributed by atoms with van der Waals surface area (Å²) in [5.41, 5.74) is 3.27. The molecule has 1 aromatic heterocycles. The Morgan fingerprint density at radius 3 is 2.90 bits per heavy atom. The van der Waals surface area contributed by atoms with Crippen LogP contribution >= 0.6 is 0 Å². The molecule has 102 valence electrons. The summed E-state index contributed by atoms with van der Waals surface area (Å²) in [5.74, 6) is 0.223. The molecule has 3 aromatic rings. The van der Waals surface area contributed by atoms with Crippen molar-refractivity contribution in [3.63, 3.8) is 0 Å². The molecule has 0 saturated carbocycles. The molecule has 4 heteroatoms. The summed E-state index contributed by atoms with van der Waals surface area (Å²) in [7, 11) is 1.92. The number of fused-ring (bicyclic) bond motifs is 1. The Labute approximate surface area is 116 Å². The van der Waals surface area contributed by atoms with Gasteiger partial charge in [-0.15, -0.1) is 0 Å². The summed E-state index contributed by atoms with van der Waals surface area (Å²) < 4.78 is 18.9. The third-order valence-electron chi connectivity index (χ3n) is 3.24. The minimum absolute atomic E-state index is 0.316. The second-order valence-corrected chi connectivity index (χ2v) is 4.64. The topological polar surface area (TPSA) is 38.1 Å². The first-order valence-electron chi connectivity index (χ1n) is 6.57. The van der Waals surface area contributed by atoms with Crippen LogP contribution in [0.1, 0.15) is 5.56 Å². The van der Waals surface area contributed by atoms with Crippen molar-refractivity contribution in [3.8, 4) is 11.5 Å². The van der Waals surface area contributed by atoms with Crippen molar-refractivity contribution in [2.75, 3.05) is 13.6 Å². The first kappa shape index (κ1) is 12.8. The molecule has 0 atom stereocenters. The summed E-state index contributed by atoms with van der Waals surface area (Å²) >= 11 is 0. The minimum Gasteiger partial charge on any atom is -0.436 e. The molecule has 2 aromatic carbocycles. The van der Waals surface area contributed by atoms with E-state index in [0.717, 1.165) is 24.1 Å². The van der Waals surface area contributed by atoms with Crippen molar-refractivity contribution in [3.05, 3.63) is 53.8 Å². The number of oxazole rings is 1. The van der Waals surface area contributed by atoms with Crippen molar-refractivity contribution in [2.45, 2.75) is 6.42 Å². The number of nitrogens with one attached hydrogen (secondary N) is 1. The molecular weight excluding hydrogens is 255 g/mol. The van der Waals surface area contributed by atoms with Gasteiger partial charge in [0.15, 0.2) is 5.58 Å². The number of hydrogen-bond donors (Lipinski definition) is 1. The molecule has 3 rings (SSSR count). The van der Waals surface area contributed by atoms with Crippen LogP contribution in [0.2, 0.25) is 0 Å². The van der Waals surface area contributed by atoms with Crippen LogP contribution in [0.5, 0.6) is 0 Å². The molecule has 1 heterocycles. The van der Waals surface area contributed by atoms with E-state index >= 15 is 0 Å². The highest BCUT2D eigenvalue weighted by Gasteiger charge is 2.12. The fourth-order valence-corrected chi connectivity index (χ4v) is 2.22. The van der Waals surface area contributed by atoms with Gasteiger partial charge < -0.3 is 9.73 Å². The SMILES string of the molecule is CNCCc1ccccc1-c1nc2ccc(F)cc2o1. The summed E-state index contributed by atoms with van der Waals surface area (Å²) in [6.45, 7) is 0.881. The van der Waals surface area contributed by atoms with Gasteiger partial charge >= 0.3 is 0 Å². The molecular formula is C16H15FN2O. The summed E-state index contributed by atoms with van der Waals surface area (Å²) in [5, 5.41) is 3.13. The number of hydrogen-bond acceptors (Lipinski definition) is 3. The fourth-order valence-electron chi connectivity index (χ4n) is 2.22. The largest absolute Gasteiger partial charge is 0.436 e. The highest BCUT2D eigenvalue weighted by atomic mass is 19.1. The van der Waals surface area contributed by atoms with Crippen molar-refractivity contribution < 1.29 is 8.81 Å². The van der Waals surface area contributed by atoms with Crippen LogP contribution in [0.4, 0.5) is 4.39 Å². The lowest BCUT2D eigenvalue weighted by Gasteiger charge is -2.05. The van der Waals surface area contributed by atoms with E-state index in [1.807, 2.05) is 25.2 Å². The van der Waals surface area contributed by atoms with Crippen molar-refractivity contribution >= 4 is 11.1 Å². The Morgan fingerprint density at radius 1 is 1.20 bits per heavy atom. The van der Waals surface area contributed by atoms with Gasteiger partial charge in [-0.2, -0.15) is 0 Å². The number of halogens is 1. The number of likely N-dealkylation sites (N-methyl/N-ethyl adjacent to an activating group) is 1. The Balaban J connectivity index is 2.06. The normalized spacial score (nSPS) is 11.1. The van der Waals surface area contributed by atoms with Gasteiger partial charge in [-0.3, -0.25) is 0 Å². The van der Waals surface area contributed by atoms with E-state index in [9.17, 15) is 4.39 Å². The smallest absolute Gasteiger partial charge is 0.227 e. The van der Waals surface area contributed by atoms with Gasteiger partial charge in [0.1, 0.15) is 11.3 Å². The zero-order chi connectivity index (χ0) is 13.9. The molecule has 0 aliphatic rings. The lowest BCUT2D eigenvalue weighted by Crippen LogP contribution is -2.10. The van der Waals surface area contributed by atoms with Crippen LogP contribution < -0.4 is 5.32 Å². The number of benzene rings is 2. The third kappa shape index (κ3) is 2.42. The van der Waals surface area contributed by atoms with Crippen LogP contribution in [0.15, 0.2) is 46.9 Å². The molecule has 0 amide bonds. The van der Waals surface area contributed by atoms with Crippen molar-refractivity contribution in [1.29, 1.82) is 0 Å². The van der Waals surface area contributed by atoms with Crippen LogP contribution in [0, 0.1) is 5.82 Å². The number of nitrogens with zero attached hydrogens (tertiary/aromatic N) is 1. The lowest BCUT2D eigenvalue weighted by molar-refractivity contribution is 0.601. The molecule has 0 fully saturated rings. The molecule has 20 heavy (non-hydrogen) atoms. The fraction of sp³-hybridized carbons (Fsp3) is 0.188. The van der Waals surface area contributed by atoms with Gasteiger partial charge in [-0.05, 0) is 43.8 Å². The number of rotatable bonds is 4. The van der Waals surface area contributed by atoms with Gasteiger partial charge in [-0.1, -0.05) is 18.2 Å². The molecule has 0 aliphatic heterocycles. The molecule has 1 N–H and O–H groups in total. The van der Waals surface area contributed by atoms with E-state index in [1.54, 1.807) is 6.07 Å². The van der Waals surface area contributed by atoms with E-state index in [0.29, 0.717) is 17.0 Å². The van der Waals surface area contributed by atoms with E-state index in [2.05, 4.69) is 16.4 Å². The maximum atomic E-state index is 13.2. The minimum atomic E-state index is -0.316. The van der Waals surface area contributed by atoms with Gasteiger partial charge in [0, 0.05) is 11.6 Å². The average Bonchev–Trinajstić information content (AvgIpc) is 2.88. The Bertz CT molecular complexity index is 736. The highest BCUT2D eigenvalue weighted by Crippen LogP contribution is 2.27. The quantitative estimate of drug-likeness (QED) is 0.789. The van der Waals surface area contributed by atoms with Gasteiger partial charge in [0.05, 0.1) is 0 Å². The Morgan fingerprint density at radius 2 is 2.05 bits per heavy atom. The monoisotopic (exact) mass is 270 g/mol. The van der Waals surface area contributed by atoms with Crippen LogP contribution in [0.3, 0.4) is 0 Å². The second kappa shape index (κ2) is 5.43. The zero-order valence-electron chi connectivity index (χ0n) is 11.2. The molecule has 3 nitrogen and oxygen atoms in total. The Hall–Kier alpha value is -2.20. The molecule has 0 aliphatic carbocycles. The van der Waals surface area contributed by atoms with E-state index in [-0.39, 0.29) is 5.82 Å². The first-order valence-corrected chi connectivity index (χ1v) is 6.57. The first-order chi connectivity index (χ1) is 9.78. The van der Waals surface area contributed by atoms with Crippen LogP contribution in [0.25, 0.3) is 22.6 Å². The average molecular weight is 270 g/mol. The Kier molecular flexibility index (Phi) is 3.48.